The fraction of sp³-hybridized carbons (Fsp3) is 0.346. The summed E-state index contributed by atoms with van der Waals surface area (Å²) in [6, 6.07) is 14.5. The van der Waals surface area contributed by atoms with Crippen LogP contribution in [0.2, 0.25) is 0 Å². The van der Waals surface area contributed by atoms with Crippen LogP contribution in [0, 0.1) is 0 Å². The van der Waals surface area contributed by atoms with Gasteiger partial charge in [0.2, 0.25) is 5.91 Å². The molecule has 1 amide bonds. The molecule has 0 bridgehead atoms. The summed E-state index contributed by atoms with van der Waals surface area (Å²) in [7, 11) is 0. The number of ether oxygens (including phenoxy) is 2. The van der Waals surface area contributed by atoms with Crippen LogP contribution in [0.5, 0.6) is 11.5 Å². The molecule has 2 aromatic carbocycles. The first-order chi connectivity index (χ1) is 16.2. The molecule has 1 aliphatic carbocycles. The van der Waals surface area contributed by atoms with Crippen molar-refractivity contribution in [3.8, 4) is 22.8 Å². The Balaban J connectivity index is 1.51. The van der Waals surface area contributed by atoms with Gasteiger partial charge in [0, 0.05) is 22.9 Å². The van der Waals surface area contributed by atoms with Gasteiger partial charge < -0.3 is 14.8 Å². The lowest BCUT2D eigenvalue weighted by Gasteiger charge is -2.24. The van der Waals surface area contributed by atoms with E-state index in [1.807, 2.05) is 37.3 Å². The average Bonchev–Trinajstić information content (AvgIpc) is 2.86. The number of carbonyl (C=O) groups excluding carboxylic acids is 1. The average molecular weight is 446 g/mol. The van der Waals surface area contributed by atoms with Crippen LogP contribution >= 0.6 is 0 Å². The number of carbonyl (C=O) groups is 1. The largest absolute Gasteiger partial charge is 0.486 e. The van der Waals surface area contributed by atoms with Crippen molar-refractivity contribution in [3.63, 3.8) is 0 Å². The molecule has 0 saturated heterocycles. The molecule has 3 aromatic rings. The number of nitrogens with one attached hydrogen (secondary N) is 1. The van der Waals surface area contributed by atoms with Gasteiger partial charge in [-0.05, 0) is 49.8 Å². The Morgan fingerprint density at radius 3 is 2.52 bits per heavy atom. The van der Waals surface area contributed by atoms with Crippen molar-refractivity contribution in [2.24, 2.45) is 0 Å². The minimum Gasteiger partial charge on any atom is -0.486 e. The van der Waals surface area contributed by atoms with E-state index < -0.39 is 6.04 Å². The zero-order valence-electron chi connectivity index (χ0n) is 18.7. The second-order valence-corrected chi connectivity index (χ2v) is 8.40. The number of nitrogens with zero attached hydrogens (tertiary/aromatic N) is 2. The first kappa shape index (κ1) is 21.2. The van der Waals surface area contributed by atoms with Crippen molar-refractivity contribution in [2.75, 3.05) is 18.5 Å². The second-order valence-electron chi connectivity index (χ2n) is 8.40. The van der Waals surface area contributed by atoms with Crippen molar-refractivity contribution >= 4 is 11.6 Å². The summed E-state index contributed by atoms with van der Waals surface area (Å²) in [4.78, 5) is 26.7. The molecular weight excluding hydrogens is 418 g/mol. The molecule has 7 nitrogen and oxygen atoms in total. The topological polar surface area (TPSA) is 82.4 Å². The summed E-state index contributed by atoms with van der Waals surface area (Å²) in [5, 5.41) is 7.69. The molecule has 0 spiro atoms. The normalized spacial score (nSPS) is 15.4. The van der Waals surface area contributed by atoms with Gasteiger partial charge in [0.05, 0.1) is 5.69 Å². The van der Waals surface area contributed by atoms with E-state index in [0.717, 1.165) is 48.1 Å². The summed E-state index contributed by atoms with van der Waals surface area (Å²) in [6.45, 7) is 2.87. The molecule has 7 heteroatoms. The number of hydrogen-bond acceptors (Lipinski definition) is 5. The lowest BCUT2D eigenvalue weighted by molar-refractivity contribution is -0.119. The Hall–Kier alpha value is -3.61. The van der Waals surface area contributed by atoms with Gasteiger partial charge in [-0.1, -0.05) is 37.3 Å². The summed E-state index contributed by atoms with van der Waals surface area (Å²) in [5.74, 6) is 0.979. The molecule has 2 aliphatic rings. The lowest BCUT2D eigenvalue weighted by atomic mass is 9.89. The molecule has 170 valence electrons. The minimum absolute atomic E-state index is 0.159. The predicted octanol–water partition coefficient (Wildman–Crippen LogP) is 4.15. The standard InChI is InChI=1S/C26H27N3O4/c1-2-21(25(30)27-18-12-13-22-23(16-18)33-15-14-32-22)29-26(31)20-11-7-6-10-19(20)24(28-29)17-8-4-3-5-9-17/h3-5,8-9,12-13,16,21H,2,6-7,10-11,14-15H2,1H3,(H,27,30)/t21-/m0/s1. The highest BCUT2D eigenvalue weighted by atomic mass is 16.6. The van der Waals surface area contributed by atoms with E-state index in [0.29, 0.717) is 36.8 Å². The van der Waals surface area contributed by atoms with Crippen LogP contribution in [0.25, 0.3) is 11.3 Å². The number of hydrogen-bond donors (Lipinski definition) is 1. The third-order valence-electron chi connectivity index (χ3n) is 6.27. The lowest BCUT2D eigenvalue weighted by Crippen LogP contribution is -2.38. The molecule has 5 rings (SSSR count). The summed E-state index contributed by atoms with van der Waals surface area (Å²) in [6.07, 6.45) is 4.01. The fourth-order valence-electron chi connectivity index (χ4n) is 4.61. The van der Waals surface area contributed by atoms with Gasteiger partial charge in [-0.25, -0.2) is 4.68 Å². The molecule has 2 heterocycles. The number of rotatable bonds is 5. The van der Waals surface area contributed by atoms with Gasteiger partial charge >= 0.3 is 0 Å². The quantitative estimate of drug-likeness (QED) is 0.638. The van der Waals surface area contributed by atoms with Gasteiger partial charge in [-0.15, -0.1) is 0 Å². The van der Waals surface area contributed by atoms with E-state index in [-0.39, 0.29) is 11.5 Å². The maximum absolute atomic E-state index is 13.4. The molecule has 0 saturated carbocycles. The van der Waals surface area contributed by atoms with Crippen LogP contribution in [0.3, 0.4) is 0 Å². The number of anilines is 1. The molecular formula is C26H27N3O4. The first-order valence-electron chi connectivity index (χ1n) is 11.6. The Labute approximate surface area is 192 Å². The summed E-state index contributed by atoms with van der Waals surface area (Å²) < 4.78 is 12.6. The fourth-order valence-corrected chi connectivity index (χ4v) is 4.61. The smallest absolute Gasteiger partial charge is 0.271 e. The van der Waals surface area contributed by atoms with E-state index in [2.05, 4.69) is 5.32 Å². The van der Waals surface area contributed by atoms with Crippen LogP contribution in [-0.2, 0) is 17.6 Å². The van der Waals surface area contributed by atoms with Crippen molar-refractivity contribution in [1.29, 1.82) is 0 Å². The van der Waals surface area contributed by atoms with Crippen LogP contribution in [0.15, 0.2) is 53.3 Å². The highest BCUT2D eigenvalue weighted by Gasteiger charge is 2.27. The Morgan fingerprint density at radius 1 is 1.03 bits per heavy atom. The van der Waals surface area contributed by atoms with Gasteiger partial charge in [0.1, 0.15) is 19.3 Å². The zero-order valence-corrected chi connectivity index (χ0v) is 18.7. The second kappa shape index (κ2) is 9.10. The van der Waals surface area contributed by atoms with E-state index >= 15 is 0 Å². The Kier molecular flexibility index (Phi) is 5.86. The number of benzene rings is 2. The van der Waals surface area contributed by atoms with Gasteiger partial charge in [0.25, 0.3) is 5.56 Å². The minimum atomic E-state index is -0.722. The summed E-state index contributed by atoms with van der Waals surface area (Å²) in [5.41, 5.74) is 4.02. The number of fused-ring (bicyclic) bond motifs is 2. The third kappa shape index (κ3) is 4.11. The first-order valence-corrected chi connectivity index (χ1v) is 11.6. The molecule has 1 aliphatic heterocycles. The molecule has 33 heavy (non-hydrogen) atoms. The van der Waals surface area contributed by atoms with Gasteiger partial charge in [0.15, 0.2) is 11.5 Å². The Bertz CT molecular complexity index is 1240. The SMILES string of the molecule is CC[C@@H](C(=O)Nc1ccc2c(c1)OCCO2)n1nc(-c2ccccc2)c2c(c1=O)CCCC2. The third-order valence-corrected chi connectivity index (χ3v) is 6.27. The van der Waals surface area contributed by atoms with Crippen molar-refractivity contribution in [1.82, 2.24) is 9.78 Å². The highest BCUT2D eigenvalue weighted by Crippen LogP contribution is 2.33. The number of aromatic nitrogens is 2. The van der Waals surface area contributed by atoms with Gasteiger partial charge in [-0.2, -0.15) is 5.10 Å². The molecule has 0 radical (unpaired) electrons. The molecule has 1 N–H and O–H groups in total. The van der Waals surface area contributed by atoms with E-state index in [1.54, 1.807) is 18.2 Å². The predicted molar refractivity (Wildman–Crippen MR) is 126 cm³/mol. The maximum atomic E-state index is 13.4. The van der Waals surface area contributed by atoms with Crippen LogP contribution in [-0.4, -0.2) is 28.9 Å². The van der Waals surface area contributed by atoms with E-state index in [1.165, 1.54) is 4.68 Å². The molecule has 0 fully saturated rings. The Morgan fingerprint density at radius 2 is 1.76 bits per heavy atom. The molecule has 1 atom stereocenters. The van der Waals surface area contributed by atoms with Crippen LogP contribution in [0.4, 0.5) is 5.69 Å². The van der Waals surface area contributed by atoms with E-state index in [9.17, 15) is 9.59 Å². The van der Waals surface area contributed by atoms with Crippen molar-refractivity contribution in [3.05, 3.63) is 70.0 Å². The van der Waals surface area contributed by atoms with Gasteiger partial charge in [-0.3, -0.25) is 9.59 Å². The highest BCUT2D eigenvalue weighted by molar-refractivity contribution is 5.94. The summed E-state index contributed by atoms with van der Waals surface area (Å²) >= 11 is 0. The monoisotopic (exact) mass is 445 g/mol. The molecule has 0 unspecified atom stereocenters. The van der Waals surface area contributed by atoms with Crippen molar-refractivity contribution < 1.29 is 14.3 Å². The van der Waals surface area contributed by atoms with Crippen LogP contribution < -0.4 is 20.3 Å². The number of amides is 1. The maximum Gasteiger partial charge on any atom is 0.271 e. The van der Waals surface area contributed by atoms with Crippen LogP contribution in [0.1, 0.15) is 43.4 Å². The molecule has 1 aromatic heterocycles. The van der Waals surface area contributed by atoms with E-state index in [4.69, 9.17) is 14.6 Å². The zero-order chi connectivity index (χ0) is 22.8. The van der Waals surface area contributed by atoms with Crippen molar-refractivity contribution in [2.45, 2.75) is 45.1 Å².